The van der Waals surface area contributed by atoms with Crippen molar-refractivity contribution in [3.05, 3.63) is 24.3 Å². The van der Waals surface area contributed by atoms with E-state index in [0.29, 0.717) is 11.4 Å². The number of hydrogen-bond acceptors (Lipinski definition) is 4. The van der Waals surface area contributed by atoms with Crippen molar-refractivity contribution in [2.45, 2.75) is 25.6 Å². The molecule has 1 aliphatic heterocycles. The lowest BCUT2D eigenvalue weighted by Gasteiger charge is -2.35. The van der Waals surface area contributed by atoms with Crippen LogP contribution in [-0.4, -0.2) is 40.3 Å². The molecule has 0 aromatic heterocycles. The third-order valence-electron chi connectivity index (χ3n) is 3.00. The van der Waals surface area contributed by atoms with Crippen molar-refractivity contribution >= 4 is 17.6 Å². The molecule has 6 nitrogen and oxygen atoms in total. The predicted octanol–water partition coefficient (Wildman–Crippen LogP) is 0.636. The van der Waals surface area contributed by atoms with Gasteiger partial charge in [0.15, 0.2) is 11.7 Å². The molecule has 1 aromatic rings. The van der Waals surface area contributed by atoms with E-state index in [1.165, 1.54) is 4.90 Å². The summed E-state index contributed by atoms with van der Waals surface area (Å²) in [5.74, 6) is -1.26. The summed E-state index contributed by atoms with van der Waals surface area (Å²) in [5.41, 5.74) is -1.55. The van der Waals surface area contributed by atoms with Gasteiger partial charge in [0.1, 0.15) is 5.75 Å². The third-order valence-corrected chi connectivity index (χ3v) is 3.00. The van der Waals surface area contributed by atoms with Gasteiger partial charge in [0.05, 0.1) is 12.2 Å². The smallest absolute Gasteiger partial charge is 0.337 e. The summed E-state index contributed by atoms with van der Waals surface area (Å²) < 4.78 is 5.43. The minimum absolute atomic E-state index is 0.328. The number of para-hydroxylation sites is 2. The fourth-order valence-corrected chi connectivity index (χ4v) is 1.90. The molecule has 1 heterocycles. The number of nitrogens with zero attached hydrogens (tertiary/aromatic N) is 1. The molecule has 102 valence electrons. The van der Waals surface area contributed by atoms with E-state index in [-0.39, 0.29) is 12.5 Å². The van der Waals surface area contributed by atoms with Crippen molar-refractivity contribution in [3.63, 3.8) is 0 Å². The molecule has 1 aliphatic rings. The molecule has 19 heavy (non-hydrogen) atoms. The van der Waals surface area contributed by atoms with Crippen LogP contribution < -0.4 is 9.64 Å². The van der Waals surface area contributed by atoms with Crippen LogP contribution in [0.15, 0.2) is 24.3 Å². The Bertz CT molecular complexity index is 526. The van der Waals surface area contributed by atoms with E-state index in [1.54, 1.807) is 31.2 Å². The third kappa shape index (κ3) is 2.39. The molecule has 2 rings (SSSR count). The first-order valence-corrected chi connectivity index (χ1v) is 5.86. The van der Waals surface area contributed by atoms with Gasteiger partial charge in [-0.15, -0.1) is 0 Å². The molecular weight excluding hydrogens is 250 g/mol. The van der Waals surface area contributed by atoms with Gasteiger partial charge in [0.25, 0.3) is 5.91 Å². The number of ether oxygens (including phenoxy) is 1. The van der Waals surface area contributed by atoms with Crippen LogP contribution in [0.1, 0.15) is 13.8 Å². The SMILES string of the molecule is CC1Oc2ccccc2N(CC(C)(O)C(=O)O)C1=O. The molecule has 0 bridgehead atoms. The van der Waals surface area contributed by atoms with Gasteiger partial charge in [-0.25, -0.2) is 4.79 Å². The van der Waals surface area contributed by atoms with Crippen LogP contribution in [0.5, 0.6) is 5.75 Å². The number of rotatable bonds is 3. The normalized spacial score (nSPS) is 21.3. The number of fused-ring (bicyclic) bond motifs is 1. The van der Waals surface area contributed by atoms with Crippen LogP contribution in [0.2, 0.25) is 0 Å². The highest BCUT2D eigenvalue weighted by Crippen LogP contribution is 2.34. The highest BCUT2D eigenvalue weighted by molar-refractivity contribution is 6.00. The van der Waals surface area contributed by atoms with Gasteiger partial charge in [-0.3, -0.25) is 4.79 Å². The monoisotopic (exact) mass is 265 g/mol. The Balaban J connectivity index is 2.38. The van der Waals surface area contributed by atoms with E-state index < -0.39 is 17.7 Å². The van der Waals surface area contributed by atoms with E-state index in [9.17, 15) is 14.7 Å². The van der Waals surface area contributed by atoms with E-state index in [0.717, 1.165) is 6.92 Å². The number of benzene rings is 1. The Morgan fingerprint density at radius 3 is 2.74 bits per heavy atom. The summed E-state index contributed by atoms with van der Waals surface area (Å²) >= 11 is 0. The molecular formula is C13H15NO5. The first-order valence-electron chi connectivity index (χ1n) is 5.86. The average Bonchev–Trinajstić information content (AvgIpc) is 2.34. The van der Waals surface area contributed by atoms with Crippen molar-refractivity contribution in [2.24, 2.45) is 0 Å². The number of β-amino-alcohol motifs (C(OH)–C–C–N with tert-alkyl or cyclic N) is 1. The lowest BCUT2D eigenvalue weighted by Crippen LogP contribution is -2.53. The Hall–Kier alpha value is -2.08. The second-order valence-electron chi connectivity index (χ2n) is 4.73. The van der Waals surface area contributed by atoms with E-state index >= 15 is 0 Å². The van der Waals surface area contributed by atoms with E-state index in [4.69, 9.17) is 9.84 Å². The van der Waals surface area contributed by atoms with Crippen LogP contribution in [-0.2, 0) is 9.59 Å². The minimum Gasteiger partial charge on any atom is -0.479 e. The summed E-state index contributed by atoms with van der Waals surface area (Å²) in [4.78, 5) is 24.3. The summed E-state index contributed by atoms with van der Waals surface area (Å²) in [6, 6.07) is 6.82. The molecule has 0 saturated carbocycles. The standard InChI is InChI=1S/C13H15NO5/c1-8-11(15)14(7-13(2,18)12(16)17)9-5-3-4-6-10(9)19-8/h3-6,8,18H,7H2,1-2H3,(H,16,17). The molecule has 0 saturated heterocycles. The first-order chi connectivity index (χ1) is 8.83. The van der Waals surface area contributed by atoms with Crippen molar-refractivity contribution in [1.29, 1.82) is 0 Å². The Labute approximate surface area is 110 Å². The zero-order valence-electron chi connectivity index (χ0n) is 10.7. The van der Waals surface area contributed by atoms with E-state index in [1.807, 2.05) is 0 Å². The molecule has 6 heteroatoms. The second-order valence-corrected chi connectivity index (χ2v) is 4.73. The maximum atomic E-state index is 12.1. The zero-order chi connectivity index (χ0) is 14.2. The average molecular weight is 265 g/mol. The van der Waals surface area contributed by atoms with Crippen molar-refractivity contribution in [3.8, 4) is 5.75 Å². The molecule has 2 N–H and O–H groups in total. The van der Waals surface area contributed by atoms with Crippen LogP contribution in [0.25, 0.3) is 0 Å². The molecule has 0 spiro atoms. The Morgan fingerprint density at radius 1 is 1.47 bits per heavy atom. The lowest BCUT2D eigenvalue weighted by atomic mass is 10.0. The zero-order valence-corrected chi connectivity index (χ0v) is 10.7. The number of hydrogen-bond donors (Lipinski definition) is 2. The number of carboxylic acid groups (broad SMARTS) is 1. The van der Waals surface area contributed by atoms with Crippen LogP contribution in [0.4, 0.5) is 5.69 Å². The number of carbonyl (C=O) groups excluding carboxylic acids is 1. The fourth-order valence-electron chi connectivity index (χ4n) is 1.90. The molecule has 0 aliphatic carbocycles. The number of aliphatic hydroxyl groups is 1. The molecule has 0 radical (unpaired) electrons. The van der Waals surface area contributed by atoms with Crippen molar-refractivity contribution < 1.29 is 24.5 Å². The summed E-state index contributed by atoms with van der Waals surface area (Å²) in [5, 5.41) is 18.8. The van der Waals surface area contributed by atoms with Gasteiger partial charge < -0.3 is 19.8 Å². The second kappa shape index (κ2) is 4.55. The lowest BCUT2D eigenvalue weighted by molar-refractivity contribution is -0.155. The molecule has 0 fully saturated rings. The summed E-state index contributed by atoms with van der Waals surface area (Å²) in [6.45, 7) is 2.41. The topological polar surface area (TPSA) is 87.1 Å². The Kier molecular flexibility index (Phi) is 3.20. The van der Waals surface area contributed by atoms with E-state index in [2.05, 4.69) is 0 Å². The van der Waals surface area contributed by atoms with Gasteiger partial charge in [-0.05, 0) is 26.0 Å². The maximum Gasteiger partial charge on any atom is 0.337 e. The molecule has 1 aromatic carbocycles. The van der Waals surface area contributed by atoms with Crippen LogP contribution in [0, 0.1) is 0 Å². The number of amides is 1. The van der Waals surface area contributed by atoms with Gasteiger partial charge in [0, 0.05) is 0 Å². The minimum atomic E-state index is -2.01. The molecule has 2 unspecified atom stereocenters. The molecule has 1 amide bonds. The van der Waals surface area contributed by atoms with Gasteiger partial charge in [0.2, 0.25) is 0 Å². The quantitative estimate of drug-likeness (QED) is 0.837. The maximum absolute atomic E-state index is 12.1. The summed E-state index contributed by atoms with van der Waals surface area (Å²) in [7, 11) is 0. The highest BCUT2D eigenvalue weighted by Gasteiger charge is 2.39. The predicted molar refractivity (Wildman–Crippen MR) is 67.1 cm³/mol. The highest BCUT2D eigenvalue weighted by atomic mass is 16.5. The van der Waals surface area contributed by atoms with Crippen molar-refractivity contribution in [2.75, 3.05) is 11.4 Å². The van der Waals surface area contributed by atoms with Gasteiger partial charge in [-0.1, -0.05) is 12.1 Å². The number of carboxylic acids is 1. The largest absolute Gasteiger partial charge is 0.479 e. The van der Waals surface area contributed by atoms with Gasteiger partial charge >= 0.3 is 5.97 Å². The first kappa shape index (κ1) is 13.4. The number of carbonyl (C=O) groups is 2. The van der Waals surface area contributed by atoms with Crippen LogP contribution >= 0.6 is 0 Å². The van der Waals surface area contributed by atoms with Crippen LogP contribution in [0.3, 0.4) is 0 Å². The fraction of sp³-hybridized carbons (Fsp3) is 0.385. The molecule has 2 atom stereocenters. The Morgan fingerprint density at radius 2 is 2.11 bits per heavy atom. The van der Waals surface area contributed by atoms with Crippen molar-refractivity contribution in [1.82, 2.24) is 0 Å². The number of anilines is 1. The van der Waals surface area contributed by atoms with Gasteiger partial charge in [-0.2, -0.15) is 0 Å². The summed E-state index contributed by atoms with van der Waals surface area (Å²) in [6.07, 6.45) is -0.709. The number of aliphatic carboxylic acids is 1.